The van der Waals surface area contributed by atoms with Crippen LogP contribution in [0.1, 0.15) is 227 Å². The molecule has 0 bridgehead atoms. The van der Waals surface area contributed by atoms with Gasteiger partial charge in [0.2, 0.25) is 0 Å². The van der Waals surface area contributed by atoms with Crippen LogP contribution in [0.4, 0.5) is 0 Å². The average Bonchev–Trinajstić information content (AvgIpc) is 2.94. The van der Waals surface area contributed by atoms with E-state index in [1.165, 1.54) is 186 Å². The number of carbonyl (C=O) groups excluding carboxylic acids is 1. The molecule has 0 aliphatic rings. The van der Waals surface area contributed by atoms with Crippen molar-refractivity contribution in [2.45, 2.75) is 227 Å². The molecule has 0 rings (SSSR count). The normalized spacial score (nSPS) is 12.4. The highest BCUT2D eigenvalue weighted by Gasteiger charge is 2.26. The van der Waals surface area contributed by atoms with Crippen LogP contribution >= 0.6 is 0 Å². The van der Waals surface area contributed by atoms with Gasteiger partial charge in [0, 0.05) is 12.3 Å². The summed E-state index contributed by atoms with van der Waals surface area (Å²) in [5.74, 6) is 1.66. The van der Waals surface area contributed by atoms with E-state index >= 15 is 0 Å². The molecule has 234 valence electrons. The fourth-order valence-electron chi connectivity index (χ4n) is 6.52. The van der Waals surface area contributed by atoms with Crippen LogP contribution in [0.3, 0.4) is 0 Å². The third kappa shape index (κ3) is 26.3. The molecule has 0 heterocycles. The molecule has 0 amide bonds. The van der Waals surface area contributed by atoms with Crippen molar-refractivity contribution in [1.82, 2.24) is 0 Å². The van der Waals surface area contributed by atoms with Gasteiger partial charge in [0.15, 0.2) is 0 Å². The molecule has 1 unspecified atom stereocenters. The third-order valence-corrected chi connectivity index (χ3v) is 9.23. The molecule has 0 aromatic carbocycles. The predicted molar refractivity (Wildman–Crippen MR) is 178 cm³/mol. The first kappa shape index (κ1) is 38.7. The van der Waals surface area contributed by atoms with Gasteiger partial charge in [0.1, 0.15) is 5.78 Å². The summed E-state index contributed by atoms with van der Waals surface area (Å²) in [4.78, 5) is 13.7. The minimum absolute atomic E-state index is 0.358. The number of hydrogen-bond donors (Lipinski definition) is 0. The fourth-order valence-corrected chi connectivity index (χ4v) is 6.52. The first-order valence-corrected chi connectivity index (χ1v) is 18.7. The van der Waals surface area contributed by atoms with Gasteiger partial charge >= 0.3 is 0 Å². The summed E-state index contributed by atoms with van der Waals surface area (Å²) in [5, 5.41) is 0. The van der Waals surface area contributed by atoms with Crippen molar-refractivity contribution in [3.8, 4) is 0 Å². The highest BCUT2D eigenvalue weighted by molar-refractivity contribution is 5.81. The van der Waals surface area contributed by atoms with Gasteiger partial charge in [-0.1, -0.05) is 195 Å². The van der Waals surface area contributed by atoms with Crippen molar-refractivity contribution in [1.29, 1.82) is 0 Å². The van der Waals surface area contributed by atoms with Crippen LogP contribution in [0.2, 0.25) is 0 Å². The summed E-state index contributed by atoms with van der Waals surface area (Å²) < 4.78 is 0. The highest BCUT2D eigenvalue weighted by atomic mass is 16.1. The standard InChI is InChI=1S/C38H76O/c1-5-9-13-17-21-24-28-32-36(33-29-25-22-18-14-10-6-2)37(34-30-26-20-16-12-8-4)38(39)35-31-27-23-19-15-11-7-3/h36-37H,5-35H2,1-4H3. The van der Waals surface area contributed by atoms with Gasteiger partial charge in [0.25, 0.3) is 0 Å². The lowest BCUT2D eigenvalue weighted by atomic mass is 9.77. The van der Waals surface area contributed by atoms with Crippen molar-refractivity contribution < 1.29 is 4.79 Å². The molecule has 0 aliphatic heterocycles. The molecule has 0 N–H and O–H groups in total. The van der Waals surface area contributed by atoms with E-state index in [1.807, 2.05) is 0 Å². The Labute approximate surface area is 248 Å². The lowest BCUT2D eigenvalue weighted by Gasteiger charge is -2.27. The number of ketones is 1. The Hall–Kier alpha value is -0.330. The average molecular weight is 549 g/mol. The van der Waals surface area contributed by atoms with Crippen molar-refractivity contribution >= 4 is 5.78 Å². The lowest BCUT2D eigenvalue weighted by Crippen LogP contribution is -2.24. The Morgan fingerprint density at radius 2 is 0.641 bits per heavy atom. The van der Waals surface area contributed by atoms with Crippen LogP contribution in [-0.4, -0.2) is 5.78 Å². The summed E-state index contributed by atoms with van der Waals surface area (Å²) in [5.41, 5.74) is 0. The minimum atomic E-state index is 0.358. The van der Waals surface area contributed by atoms with E-state index in [1.54, 1.807) is 0 Å². The molecule has 0 spiro atoms. The van der Waals surface area contributed by atoms with E-state index in [-0.39, 0.29) is 0 Å². The maximum atomic E-state index is 13.7. The molecule has 0 aromatic rings. The summed E-state index contributed by atoms with van der Waals surface area (Å²) >= 11 is 0. The molecule has 1 nitrogen and oxygen atoms in total. The Morgan fingerprint density at radius 1 is 0.359 bits per heavy atom. The molecule has 0 saturated heterocycles. The molecule has 39 heavy (non-hydrogen) atoms. The molecule has 0 aliphatic carbocycles. The Bertz CT molecular complexity index is 451. The van der Waals surface area contributed by atoms with Crippen molar-refractivity contribution in [2.75, 3.05) is 0 Å². The summed E-state index contributed by atoms with van der Waals surface area (Å²) in [7, 11) is 0. The first-order chi connectivity index (χ1) is 19.2. The van der Waals surface area contributed by atoms with Crippen LogP contribution in [0, 0.1) is 11.8 Å². The number of Topliss-reactive ketones (excluding diaryl/α,β-unsaturated/α-hetero) is 1. The molecule has 0 fully saturated rings. The largest absolute Gasteiger partial charge is 0.299 e. The van der Waals surface area contributed by atoms with Crippen molar-refractivity contribution in [2.24, 2.45) is 11.8 Å². The monoisotopic (exact) mass is 549 g/mol. The van der Waals surface area contributed by atoms with E-state index < -0.39 is 0 Å². The molecule has 0 saturated carbocycles. The van der Waals surface area contributed by atoms with E-state index in [2.05, 4.69) is 27.7 Å². The smallest absolute Gasteiger partial charge is 0.136 e. The maximum absolute atomic E-state index is 13.7. The van der Waals surface area contributed by atoms with Crippen LogP contribution < -0.4 is 0 Å². The van der Waals surface area contributed by atoms with Crippen LogP contribution in [0.5, 0.6) is 0 Å². The quantitative estimate of drug-likeness (QED) is 0.0745. The van der Waals surface area contributed by atoms with Gasteiger partial charge in [-0.05, 0) is 31.6 Å². The maximum Gasteiger partial charge on any atom is 0.136 e. The molecule has 1 atom stereocenters. The number of unbranched alkanes of at least 4 members (excludes halogenated alkanes) is 23. The van der Waals surface area contributed by atoms with Crippen molar-refractivity contribution in [3.05, 3.63) is 0 Å². The molecular formula is C38H76O. The van der Waals surface area contributed by atoms with Gasteiger partial charge in [-0.15, -0.1) is 0 Å². The highest BCUT2D eigenvalue weighted by Crippen LogP contribution is 2.32. The molecule has 0 aromatic heterocycles. The number of hydrogen-bond acceptors (Lipinski definition) is 1. The molecule has 1 heteroatoms. The topological polar surface area (TPSA) is 17.1 Å². The summed E-state index contributed by atoms with van der Waals surface area (Å²) in [6.07, 6.45) is 41.3. The van der Waals surface area contributed by atoms with E-state index in [0.717, 1.165) is 12.8 Å². The SMILES string of the molecule is CCCCCCCCCC(=O)C(CCCCCCCC)C(CCCCCCCCC)CCCCCCCCC. The van der Waals surface area contributed by atoms with E-state index in [4.69, 9.17) is 0 Å². The molecular weight excluding hydrogens is 472 g/mol. The molecule has 0 radical (unpaired) electrons. The van der Waals surface area contributed by atoms with Gasteiger partial charge in [0.05, 0.1) is 0 Å². The van der Waals surface area contributed by atoms with Gasteiger partial charge in [-0.2, -0.15) is 0 Å². The fraction of sp³-hybridized carbons (Fsp3) is 0.974. The van der Waals surface area contributed by atoms with Crippen LogP contribution in [0.15, 0.2) is 0 Å². The van der Waals surface area contributed by atoms with E-state index in [9.17, 15) is 4.79 Å². The second-order valence-electron chi connectivity index (χ2n) is 13.1. The van der Waals surface area contributed by atoms with Crippen LogP contribution in [0.25, 0.3) is 0 Å². The summed E-state index contributed by atoms with van der Waals surface area (Å²) in [6, 6.07) is 0. The second-order valence-corrected chi connectivity index (χ2v) is 13.1. The summed E-state index contributed by atoms with van der Waals surface area (Å²) in [6.45, 7) is 9.21. The van der Waals surface area contributed by atoms with Crippen molar-refractivity contribution in [3.63, 3.8) is 0 Å². The van der Waals surface area contributed by atoms with Gasteiger partial charge in [-0.25, -0.2) is 0 Å². The Morgan fingerprint density at radius 3 is 1.00 bits per heavy atom. The Balaban J connectivity index is 4.90. The number of rotatable bonds is 33. The minimum Gasteiger partial charge on any atom is -0.299 e. The predicted octanol–water partition coefficient (Wildman–Crippen LogP) is 14.0. The number of carbonyl (C=O) groups is 1. The third-order valence-electron chi connectivity index (χ3n) is 9.23. The van der Waals surface area contributed by atoms with Gasteiger partial charge < -0.3 is 0 Å². The van der Waals surface area contributed by atoms with Gasteiger partial charge in [-0.3, -0.25) is 4.79 Å². The zero-order chi connectivity index (χ0) is 28.7. The first-order valence-electron chi connectivity index (χ1n) is 18.7. The second kappa shape index (κ2) is 32.2. The van der Waals surface area contributed by atoms with Crippen LogP contribution in [-0.2, 0) is 4.79 Å². The van der Waals surface area contributed by atoms with E-state index in [0.29, 0.717) is 17.6 Å². The Kier molecular flexibility index (Phi) is 31.9. The zero-order valence-corrected chi connectivity index (χ0v) is 28.0. The lowest BCUT2D eigenvalue weighted by molar-refractivity contribution is -0.125. The zero-order valence-electron chi connectivity index (χ0n) is 28.0.